The van der Waals surface area contributed by atoms with Gasteiger partial charge in [0.15, 0.2) is 0 Å². The van der Waals surface area contributed by atoms with Gasteiger partial charge in [0.1, 0.15) is 0 Å². The first kappa shape index (κ1) is 7.65. The summed E-state index contributed by atoms with van der Waals surface area (Å²) >= 11 is 0. The lowest BCUT2D eigenvalue weighted by Crippen LogP contribution is -2.14. The lowest BCUT2D eigenvalue weighted by molar-refractivity contribution is -0.117. The molecule has 0 spiro atoms. The second-order valence-corrected chi connectivity index (χ2v) is 2.31. The molecule has 1 aromatic heterocycles. The van der Waals surface area contributed by atoms with Gasteiger partial charge in [-0.2, -0.15) is 10.2 Å². The number of primary amides is 1. The van der Waals surface area contributed by atoms with Crippen molar-refractivity contribution in [3.8, 4) is 0 Å². The average molecular weight is 151 g/mol. The number of aryl methyl sites for hydroxylation is 1. The van der Waals surface area contributed by atoms with Crippen molar-refractivity contribution in [1.82, 2.24) is 10.2 Å². The summed E-state index contributed by atoms with van der Waals surface area (Å²) in [6, 6.07) is 3.54. The molecule has 11 heavy (non-hydrogen) atoms. The Hall–Kier alpha value is -1.45. The molecule has 0 fully saturated rings. The Balaban J connectivity index is 2.74. The van der Waals surface area contributed by atoms with Gasteiger partial charge in [-0.3, -0.25) is 4.79 Å². The van der Waals surface area contributed by atoms with Crippen LogP contribution in [0, 0.1) is 6.92 Å². The Kier molecular flexibility index (Phi) is 2.15. The first-order valence-corrected chi connectivity index (χ1v) is 3.26. The zero-order valence-electron chi connectivity index (χ0n) is 6.24. The number of amides is 1. The summed E-state index contributed by atoms with van der Waals surface area (Å²) in [7, 11) is 0. The van der Waals surface area contributed by atoms with Crippen molar-refractivity contribution in [2.45, 2.75) is 13.3 Å². The van der Waals surface area contributed by atoms with Gasteiger partial charge in [-0.05, 0) is 19.1 Å². The van der Waals surface area contributed by atoms with Gasteiger partial charge in [0.2, 0.25) is 5.91 Å². The quantitative estimate of drug-likeness (QED) is 0.637. The molecule has 1 aromatic rings. The number of hydrogen-bond donors (Lipinski definition) is 1. The fraction of sp³-hybridized carbons (Fsp3) is 0.286. The van der Waals surface area contributed by atoms with Crippen LogP contribution in [0.1, 0.15) is 11.4 Å². The molecule has 4 heteroatoms. The van der Waals surface area contributed by atoms with Crippen molar-refractivity contribution in [3.63, 3.8) is 0 Å². The highest BCUT2D eigenvalue weighted by atomic mass is 16.1. The first-order chi connectivity index (χ1) is 5.18. The second kappa shape index (κ2) is 3.09. The lowest BCUT2D eigenvalue weighted by atomic mass is 10.3. The predicted octanol–water partition coefficient (Wildman–Crippen LogP) is -0.187. The lowest BCUT2D eigenvalue weighted by Gasteiger charge is -1.94. The Morgan fingerprint density at radius 3 is 2.73 bits per heavy atom. The Bertz CT molecular complexity index is 255. The van der Waals surface area contributed by atoms with Crippen molar-refractivity contribution in [1.29, 1.82) is 0 Å². The molecule has 0 aliphatic heterocycles. The normalized spacial score (nSPS) is 9.55. The van der Waals surface area contributed by atoms with Crippen LogP contribution in [0.4, 0.5) is 0 Å². The summed E-state index contributed by atoms with van der Waals surface area (Å²) in [5.74, 6) is -0.386. The number of nitrogens with zero attached hydrogens (tertiary/aromatic N) is 2. The van der Waals surface area contributed by atoms with Crippen LogP contribution < -0.4 is 5.73 Å². The van der Waals surface area contributed by atoms with Crippen LogP contribution >= 0.6 is 0 Å². The summed E-state index contributed by atoms with van der Waals surface area (Å²) in [6.45, 7) is 1.83. The van der Waals surface area contributed by atoms with E-state index < -0.39 is 0 Å². The van der Waals surface area contributed by atoms with E-state index in [9.17, 15) is 4.79 Å². The molecule has 1 rings (SSSR count). The Labute approximate surface area is 64.4 Å². The average Bonchev–Trinajstić information content (AvgIpc) is 1.93. The molecule has 0 saturated heterocycles. The predicted molar refractivity (Wildman–Crippen MR) is 39.7 cm³/mol. The zero-order chi connectivity index (χ0) is 8.27. The summed E-state index contributed by atoms with van der Waals surface area (Å²) in [5, 5.41) is 7.54. The van der Waals surface area contributed by atoms with Crippen LogP contribution in [0.2, 0.25) is 0 Å². The topological polar surface area (TPSA) is 68.9 Å². The minimum absolute atomic E-state index is 0.160. The van der Waals surface area contributed by atoms with Crippen molar-refractivity contribution < 1.29 is 4.79 Å². The molecule has 2 N–H and O–H groups in total. The minimum Gasteiger partial charge on any atom is -0.369 e. The molecule has 0 radical (unpaired) electrons. The molecular formula is C7H9N3O. The van der Waals surface area contributed by atoms with Gasteiger partial charge in [-0.1, -0.05) is 0 Å². The molecule has 0 atom stereocenters. The highest BCUT2D eigenvalue weighted by Gasteiger charge is 1.98. The van der Waals surface area contributed by atoms with Crippen molar-refractivity contribution >= 4 is 5.91 Å². The van der Waals surface area contributed by atoms with Crippen molar-refractivity contribution in [2.24, 2.45) is 5.73 Å². The second-order valence-electron chi connectivity index (χ2n) is 2.31. The van der Waals surface area contributed by atoms with Crippen LogP contribution in [0.3, 0.4) is 0 Å². The number of carbonyl (C=O) groups is 1. The molecule has 1 heterocycles. The molecule has 0 aromatic carbocycles. The highest BCUT2D eigenvalue weighted by molar-refractivity contribution is 5.75. The van der Waals surface area contributed by atoms with E-state index in [0.29, 0.717) is 5.69 Å². The Morgan fingerprint density at radius 2 is 2.27 bits per heavy atom. The van der Waals surface area contributed by atoms with E-state index in [2.05, 4.69) is 10.2 Å². The van der Waals surface area contributed by atoms with Crippen molar-refractivity contribution in [2.75, 3.05) is 0 Å². The van der Waals surface area contributed by atoms with E-state index in [-0.39, 0.29) is 12.3 Å². The Morgan fingerprint density at radius 1 is 1.55 bits per heavy atom. The standard InChI is InChI=1S/C7H9N3O/c1-5-2-3-6(10-9-5)4-7(8)11/h2-3H,4H2,1H3,(H2,8,11). The van der Waals surface area contributed by atoms with Crippen LogP contribution in [-0.2, 0) is 11.2 Å². The number of aromatic nitrogens is 2. The SMILES string of the molecule is Cc1ccc(CC(N)=O)nn1. The third-order valence-corrected chi connectivity index (χ3v) is 1.21. The molecular weight excluding hydrogens is 142 g/mol. The molecule has 0 aliphatic carbocycles. The van der Waals surface area contributed by atoms with Gasteiger partial charge in [0.25, 0.3) is 0 Å². The maximum atomic E-state index is 10.4. The fourth-order valence-electron chi connectivity index (χ4n) is 0.699. The van der Waals surface area contributed by atoms with E-state index in [1.165, 1.54) is 0 Å². The molecule has 0 saturated carbocycles. The molecule has 1 amide bonds. The maximum Gasteiger partial charge on any atom is 0.223 e. The summed E-state index contributed by atoms with van der Waals surface area (Å²) in [4.78, 5) is 10.4. The molecule has 0 unspecified atom stereocenters. The molecule has 0 bridgehead atoms. The molecule has 4 nitrogen and oxygen atoms in total. The summed E-state index contributed by atoms with van der Waals surface area (Å²) in [6.07, 6.45) is 0.160. The number of rotatable bonds is 2. The largest absolute Gasteiger partial charge is 0.369 e. The maximum absolute atomic E-state index is 10.4. The van der Waals surface area contributed by atoms with Gasteiger partial charge >= 0.3 is 0 Å². The van der Waals surface area contributed by atoms with Crippen LogP contribution in [-0.4, -0.2) is 16.1 Å². The van der Waals surface area contributed by atoms with Gasteiger partial charge in [-0.25, -0.2) is 0 Å². The molecule has 0 aliphatic rings. The van der Waals surface area contributed by atoms with Gasteiger partial charge in [0.05, 0.1) is 17.8 Å². The summed E-state index contributed by atoms with van der Waals surface area (Å²) in [5.41, 5.74) is 6.40. The zero-order valence-corrected chi connectivity index (χ0v) is 6.24. The van der Waals surface area contributed by atoms with E-state index in [4.69, 9.17) is 5.73 Å². The number of carbonyl (C=O) groups excluding carboxylic acids is 1. The highest BCUT2D eigenvalue weighted by Crippen LogP contribution is 1.94. The van der Waals surface area contributed by atoms with Gasteiger partial charge in [-0.15, -0.1) is 0 Å². The molecule has 58 valence electrons. The van der Waals surface area contributed by atoms with Crippen LogP contribution in [0.25, 0.3) is 0 Å². The first-order valence-electron chi connectivity index (χ1n) is 3.26. The van der Waals surface area contributed by atoms with E-state index in [1.54, 1.807) is 12.1 Å². The fourth-order valence-corrected chi connectivity index (χ4v) is 0.699. The third kappa shape index (κ3) is 2.33. The van der Waals surface area contributed by atoms with Crippen molar-refractivity contribution in [3.05, 3.63) is 23.5 Å². The number of hydrogen-bond acceptors (Lipinski definition) is 3. The van der Waals surface area contributed by atoms with Crippen LogP contribution in [0.5, 0.6) is 0 Å². The smallest absolute Gasteiger partial charge is 0.223 e. The monoisotopic (exact) mass is 151 g/mol. The van der Waals surface area contributed by atoms with Gasteiger partial charge in [0, 0.05) is 0 Å². The minimum atomic E-state index is -0.386. The van der Waals surface area contributed by atoms with Gasteiger partial charge < -0.3 is 5.73 Å². The van der Waals surface area contributed by atoms with Crippen LogP contribution in [0.15, 0.2) is 12.1 Å². The van der Waals surface area contributed by atoms with E-state index in [1.807, 2.05) is 6.92 Å². The number of nitrogens with two attached hydrogens (primary N) is 1. The van der Waals surface area contributed by atoms with E-state index in [0.717, 1.165) is 5.69 Å². The summed E-state index contributed by atoms with van der Waals surface area (Å²) < 4.78 is 0. The van der Waals surface area contributed by atoms with E-state index >= 15 is 0 Å². The third-order valence-electron chi connectivity index (χ3n) is 1.21.